The molecule has 1 saturated heterocycles. The highest BCUT2D eigenvalue weighted by atomic mass is 19.4. The summed E-state index contributed by atoms with van der Waals surface area (Å²) < 4.78 is 39.6. The molecular weight excluding hydrogens is 277 g/mol. The van der Waals surface area contributed by atoms with Crippen molar-refractivity contribution in [1.82, 2.24) is 4.90 Å². The van der Waals surface area contributed by atoms with Gasteiger partial charge in [0, 0.05) is 18.1 Å². The minimum atomic E-state index is -4.06. The Morgan fingerprint density at radius 2 is 1.81 bits per heavy atom. The van der Waals surface area contributed by atoms with E-state index in [0.29, 0.717) is 24.9 Å². The quantitative estimate of drug-likeness (QED) is 0.843. The van der Waals surface area contributed by atoms with Crippen molar-refractivity contribution in [2.45, 2.75) is 75.5 Å². The molecule has 1 heterocycles. The smallest absolute Gasteiger partial charge is 0.329 e. The summed E-state index contributed by atoms with van der Waals surface area (Å²) in [6.45, 7) is 1.33. The number of halogens is 3. The Morgan fingerprint density at radius 1 is 1.05 bits per heavy atom. The molecule has 4 atom stereocenters. The number of alkyl halides is 3. The summed E-state index contributed by atoms with van der Waals surface area (Å²) in [6, 6.07) is 0.495. The second-order valence-corrected chi connectivity index (χ2v) is 7.36. The lowest BCUT2D eigenvalue weighted by Gasteiger charge is -2.54. The predicted molar refractivity (Wildman–Crippen MR) is 76.9 cm³/mol. The van der Waals surface area contributed by atoms with Gasteiger partial charge in [0.05, 0.1) is 5.92 Å². The molecule has 3 fully saturated rings. The average molecular weight is 304 g/mol. The van der Waals surface area contributed by atoms with Gasteiger partial charge in [-0.3, -0.25) is 4.90 Å². The van der Waals surface area contributed by atoms with E-state index < -0.39 is 17.6 Å². The van der Waals surface area contributed by atoms with E-state index in [1.807, 2.05) is 0 Å². The molecule has 122 valence electrons. The van der Waals surface area contributed by atoms with E-state index >= 15 is 0 Å². The van der Waals surface area contributed by atoms with Crippen molar-refractivity contribution < 1.29 is 13.2 Å². The van der Waals surface area contributed by atoms with Gasteiger partial charge in [-0.2, -0.15) is 13.2 Å². The van der Waals surface area contributed by atoms with Gasteiger partial charge >= 0.3 is 6.18 Å². The van der Waals surface area contributed by atoms with Crippen LogP contribution >= 0.6 is 0 Å². The molecule has 3 aliphatic rings. The largest absolute Gasteiger partial charge is 0.391 e. The van der Waals surface area contributed by atoms with E-state index in [-0.39, 0.29) is 12.8 Å². The normalized spacial score (nSPS) is 42.0. The Bertz CT molecular complexity index is 371. The molecule has 0 spiro atoms. The van der Waals surface area contributed by atoms with Crippen molar-refractivity contribution in [1.29, 1.82) is 0 Å². The van der Waals surface area contributed by atoms with Crippen molar-refractivity contribution >= 4 is 0 Å². The summed E-state index contributed by atoms with van der Waals surface area (Å²) >= 11 is 0. The Morgan fingerprint density at radius 3 is 2.52 bits per heavy atom. The fourth-order valence-electron chi connectivity index (χ4n) is 5.23. The topological polar surface area (TPSA) is 29.3 Å². The third kappa shape index (κ3) is 2.83. The van der Waals surface area contributed by atoms with Crippen LogP contribution in [0.2, 0.25) is 0 Å². The predicted octanol–water partition coefficient (Wildman–Crippen LogP) is 3.70. The van der Waals surface area contributed by atoms with E-state index in [1.54, 1.807) is 0 Å². The van der Waals surface area contributed by atoms with Crippen molar-refractivity contribution in [3.8, 4) is 0 Å². The molecule has 5 heteroatoms. The molecule has 0 aromatic rings. The number of nitrogens with two attached hydrogens (primary N) is 1. The van der Waals surface area contributed by atoms with E-state index in [4.69, 9.17) is 5.73 Å². The Balaban J connectivity index is 1.82. The Hall–Kier alpha value is -0.290. The number of nitrogens with zero attached hydrogens (tertiary/aromatic N) is 1. The fraction of sp³-hybridized carbons (Fsp3) is 1.00. The zero-order chi connectivity index (χ0) is 15.1. The van der Waals surface area contributed by atoms with Crippen LogP contribution in [0.4, 0.5) is 13.2 Å². The lowest BCUT2D eigenvalue weighted by Crippen LogP contribution is -2.62. The molecule has 2 aliphatic carbocycles. The molecule has 2 nitrogen and oxygen atoms in total. The van der Waals surface area contributed by atoms with E-state index in [9.17, 15) is 13.2 Å². The number of hydrogen-bond donors (Lipinski definition) is 1. The summed E-state index contributed by atoms with van der Waals surface area (Å²) in [7, 11) is 0. The van der Waals surface area contributed by atoms with E-state index in [0.717, 1.165) is 25.8 Å². The maximum absolute atomic E-state index is 13.2. The van der Waals surface area contributed by atoms with Crippen LogP contribution in [0.15, 0.2) is 0 Å². The van der Waals surface area contributed by atoms with Crippen LogP contribution in [0.5, 0.6) is 0 Å². The molecule has 3 rings (SSSR count). The van der Waals surface area contributed by atoms with Gasteiger partial charge in [0.25, 0.3) is 0 Å². The molecule has 2 saturated carbocycles. The number of likely N-dealkylation sites (tertiary alicyclic amines) is 1. The third-order valence-electron chi connectivity index (χ3n) is 6.27. The highest BCUT2D eigenvalue weighted by Gasteiger charge is 2.52. The van der Waals surface area contributed by atoms with Crippen LogP contribution in [0.25, 0.3) is 0 Å². The minimum absolute atomic E-state index is 0.218. The van der Waals surface area contributed by atoms with Gasteiger partial charge in [-0.15, -0.1) is 0 Å². The first kappa shape index (κ1) is 15.6. The summed E-state index contributed by atoms with van der Waals surface area (Å²) in [4.78, 5) is 2.42. The number of fused-ring (bicyclic) bond motifs is 1. The van der Waals surface area contributed by atoms with Crippen LogP contribution in [0.1, 0.15) is 57.8 Å². The molecular formula is C16H27F3N2. The van der Waals surface area contributed by atoms with Crippen molar-refractivity contribution in [2.75, 3.05) is 13.1 Å². The lowest BCUT2D eigenvalue weighted by atomic mass is 9.72. The molecule has 1 aliphatic heterocycles. The molecule has 2 N–H and O–H groups in total. The average Bonchev–Trinajstić information content (AvgIpc) is 2.94. The molecule has 21 heavy (non-hydrogen) atoms. The number of piperidine rings is 1. The highest BCUT2D eigenvalue weighted by Crippen LogP contribution is 2.48. The van der Waals surface area contributed by atoms with Gasteiger partial charge in [-0.05, 0) is 57.4 Å². The molecule has 0 amide bonds. The molecule has 0 aromatic carbocycles. The Labute approximate surface area is 125 Å². The zero-order valence-electron chi connectivity index (χ0n) is 12.7. The van der Waals surface area contributed by atoms with Crippen LogP contribution in [-0.4, -0.2) is 35.7 Å². The van der Waals surface area contributed by atoms with Crippen molar-refractivity contribution in [3.05, 3.63) is 0 Å². The molecule has 0 aromatic heterocycles. The first-order valence-corrected chi connectivity index (χ1v) is 8.50. The maximum atomic E-state index is 13.2. The second kappa shape index (κ2) is 5.73. The van der Waals surface area contributed by atoms with Gasteiger partial charge in [-0.25, -0.2) is 0 Å². The van der Waals surface area contributed by atoms with Gasteiger partial charge in [-0.1, -0.05) is 12.8 Å². The summed E-state index contributed by atoms with van der Waals surface area (Å²) in [6.07, 6.45) is 3.97. The maximum Gasteiger partial charge on any atom is 0.391 e. The first-order chi connectivity index (χ1) is 9.96. The zero-order valence-corrected chi connectivity index (χ0v) is 12.7. The number of rotatable bonds is 2. The van der Waals surface area contributed by atoms with Gasteiger partial charge in [0.2, 0.25) is 0 Å². The first-order valence-electron chi connectivity index (χ1n) is 8.50. The van der Waals surface area contributed by atoms with Gasteiger partial charge < -0.3 is 5.73 Å². The van der Waals surface area contributed by atoms with E-state index in [2.05, 4.69) is 4.90 Å². The summed E-state index contributed by atoms with van der Waals surface area (Å²) in [5.74, 6) is -0.454. The van der Waals surface area contributed by atoms with Crippen LogP contribution in [0, 0.1) is 11.8 Å². The Kier molecular flexibility index (Phi) is 4.25. The SMILES string of the molecule is NCC1(N2CCCC3CCCC32)CCCC(C(F)(F)F)C1. The summed E-state index contributed by atoms with van der Waals surface area (Å²) in [5.41, 5.74) is 5.65. The highest BCUT2D eigenvalue weighted by molar-refractivity contribution is 5.03. The molecule has 4 unspecified atom stereocenters. The van der Waals surface area contributed by atoms with Gasteiger partial charge in [0.15, 0.2) is 0 Å². The molecule has 0 bridgehead atoms. The number of hydrogen-bond acceptors (Lipinski definition) is 2. The second-order valence-electron chi connectivity index (χ2n) is 7.36. The molecule has 0 radical (unpaired) electrons. The standard InChI is InChI=1S/C16H27F3N2/c17-16(18,19)13-6-2-8-15(10-13,11-20)21-9-3-5-12-4-1-7-14(12)21/h12-14H,1-11,20H2. The van der Waals surface area contributed by atoms with Crippen molar-refractivity contribution in [2.24, 2.45) is 17.6 Å². The minimum Gasteiger partial charge on any atom is -0.329 e. The monoisotopic (exact) mass is 304 g/mol. The van der Waals surface area contributed by atoms with Gasteiger partial charge in [0.1, 0.15) is 0 Å². The van der Waals surface area contributed by atoms with Crippen molar-refractivity contribution in [3.63, 3.8) is 0 Å². The summed E-state index contributed by atoms with van der Waals surface area (Å²) in [5, 5.41) is 0. The third-order valence-corrected chi connectivity index (χ3v) is 6.27. The van der Waals surface area contributed by atoms with Crippen LogP contribution in [-0.2, 0) is 0 Å². The van der Waals surface area contributed by atoms with Crippen LogP contribution in [0.3, 0.4) is 0 Å². The fourth-order valence-corrected chi connectivity index (χ4v) is 5.23. The van der Waals surface area contributed by atoms with E-state index in [1.165, 1.54) is 19.3 Å². The van der Waals surface area contributed by atoms with Crippen LogP contribution < -0.4 is 5.73 Å². The lowest BCUT2D eigenvalue weighted by molar-refractivity contribution is -0.196.